The molecule has 0 fully saturated rings. The van der Waals surface area contributed by atoms with Crippen LogP contribution in [0.2, 0.25) is 6.04 Å². The first-order chi connectivity index (χ1) is 7.83. The van der Waals surface area contributed by atoms with E-state index >= 15 is 0 Å². The Morgan fingerprint density at radius 3 is 2.18 bits per heavy atom. The molecule has 2 nitrogen and oxygen atoms in total. The summed E-state index contributed by atoms with van der Waals surface area (Å²) in [5.41, 5.74) is 0.442. The van der Waals surface area contributed by atoms with Crippen LogP contribution in [0.1, 0.15) is 39.0 Å². The van der Waals surface area contributed by atoms with E-state index in [9.17, 15) is 4.79 Å². The van der Waals surface area contributed by atoms with Gasteiger partial charge in [0, 0.05) is 5.57 Å². The van der Waals surface area contributed by atoms with E-state index in [4.69, 9.17) is 38.0 Å². The van der Waals surface area contributed by atoms with Gasteiger partial charge in [0.2, 0.25) is 0 Å². The van der Waals surface area contributed by atoms with E-state index in [0.717, 1.165) is 38.1 Å². The van der Waals surface area contributed by atoms with Gasteiger partial charge in [0.1, 0.15) is 0 Å². The SMILES string of the molecule is C=C(C)C(=O)OCCCCCCC[Si](Cl)(Cl)Cl. The molecule has 0 aromatic heterocycles. The standard InChI is InChI=1S/C11H19Cl3O2Si/c1-10(2)11(15)16-8-6-4-3-5-7-9-17(12,13)14/h1,3-9H2,2H3. The number of rotatable bonds is 9. The van der Waals surface area contributed by atoms with Crippen molar-refractivity contribution in [3.8, 4) is 0 Å². The third-order valence-corrected chi connectivity index (χ3v) is 4.81. The maximum absolute atomic E-state index is 11.0. The summed E-state index contributed by atoms with van der Waals surface area (Å²) in [4.78, 5) is 11.0. The van der Waals surface area contributed by atoms with Crippen molar-refractivity contribution >= 4 is 45.2 Å². The van der Waals surface area contributed by atoms with Crippen molar-refractivity contribution < 1.29 is 9.53 Å². The Bertz CT molecular complexity index is 252. The van der Waals surface area contributed by atoms with E-state index in [1.54, 1.807) is 6.92 Å². The predicted octanol–water partition coefficient (Wildman–Crippen LogP) is 4.71. The number of carbonyl (C=O) groups excluding carboxylic acids is 1. The molecule has 0 amide bonds. The third-order valence-electron chi connectivity index (χ3n) is 2.19. The normalized spacial score (nSPS) is 11.3. The van der Waals surface area contributed by atoms with Crippen LogP contribution in [-0.2, 0) is 9.53 Å². The van der Waals surface area contributed by atoms with Crippen molar-refractivity contribution in [2.24, 2.45) is 0 Å². The molecular weight excluding hydrogens is 299 g/mol. The van der Waals surface area contributed by atoms with Crippen molar-refractivity contribution in [1.29, 1.82) is 0 Å². The summed E-state index contributed by atoms with van der Waals surface area (Å²) in [5, 5.41) is 0. The Hall–Kier alpha value is 0.297. The average Bonchev–Trinajstić information content (AvgIpc) is 2.19. The van der Waals surface area contributed by atoms with Crippen LogP contribution >= 0.6 is 33.2 Å². The van der Waals surface area contributed by atoms with Crippen LogP contribution in [0.15, 0.2) is 12.2 Å². The van der Waals surface area contributed by atoms with E-state index in [2.05, 4.69) is 6.58 Å². The lowest BCUT2D eigenvalue weighted by molar-refractivity contribution is -0.139. The number of unbranched alkanes of at least 4 members (excludes halogenated alkanes) is 4. The van der Waals surface area contributed by atoms with Gasteiger partial charge in [0.15, 0.2) is 0 Å². The molecule has 0 N–H and O–H groups in total. The van der Waals surface area contributed by atoms with Crippen LogP contribution in [0.3, 0.4) is 0 Å². The molecule has 0 aliphatic carbocycles. The molecule has 0 atom stereocenters. The number of ether oxygens (including phenoxy) is 1. The Labute approximate surface area is 118 Å². The number of hydrogen-bond donors (Lipinski definition) is 0. The van der Waals surface area contributed by atoms with Gasteiger partial charge in [-0.25, -0.2) is 4.79 Å². The Morgan fingerprint density at radius 1 is 1.12 bits per heavy atom. The first-order valence-corrected chi connectivity index (χ1v) is 11.0. The van der Waals surface area contributed by atoms with Crippen molar-refractivity contribution in [2.45, 2.75) is 45.1 Å². The molecule has 0 aliphatic heterocycles. The van der Waals surface area contributed by atoms with Crippen molar-refractivity contribution in [2.75, 3.05) is 6.61 Å². The summed E-state index contributed by atoms with van der Waals surface area (Å²) < 4.78 is 4.97. The summed E-state index contributed by atoms with van der Waals surface area (Å²) in [6.07, 6.45) is 5.03. The highest BCUT2D eigenvalue weighted by molar-refractivity contribution is 7.64. The minimum absolute atomic E-state index is 0.313. The smallest absolute Gasteiger partial charge is 0.341 e. The first kappa shape index (κ1) is 17.3. The van der Waals surface area contributed by atoms with E-state index in [1.807, 2.05) is 0 Å². The quantitative estimate of drug-likeness (QED) is 0.202. The summed E-state index contributed by atoms with van der Waals surface area (Å²) in [6, 6.07) is -1.70. The van der Waals surface area contributed by atoms with Crippen LogP contribution in [0.5, 0.6) is 0 Å². The van der Waals surface area contributed by atoms with Gasteiger partial charge in [0.05, 0.1) is 6.61 Å². The van der Waals surface area contributed by atoms with Crippen molar-refractivity contribution in [3.63, 3.8) is 0 Å². The van der Waals surface area contributed by atoms with Crippen LogP contribution in [0.25, 0.3) is 0 Å². The number of esters is 1. The fraction of sp³-hybridized carbons (Fsp3) is 0.727. The van der Waals surface area contributed by atoms with Gasteiger partial charge in [-0.05, 0) is 19.4 Å². The summed E-state index contributed by atoms with van der Waals surface area (Å²) in [5.74, 6) is -0.313. The lowest BCUT2D eigenvalue weighted by Gasteiger charge is -2.07. The predicted molar refractivity (Wildman–Crippen MR) is 77.0 cm³/mol. The molecule has 0 aromatic rings. The van der Waals surface area contributed by atoms with E-state index in [1.165, 1.54) is 0 Å². The monoisotopic (exact) mass is 316 g/mol. The third kappa shape index (κ3) is 12.5. The van der Waals surface area contributed by atoms with Gasteiger partial charge >= 0.3 is 12.0 Å². The molecule has 0 spiro atoms. The minimum Gasteiger partial charge on any atom is -0.462 e. The van der Waals surface area contributed by atoms with Gasteiger partial charge in [-0.1, -0.05) is 32.3 Å². The first-order valence-electron chi connectivity index (χ1n) is 5.72. The lowest BCUT2D eigenvalue weighted by atomic mass is 10.2. The highest BCUT2D eigenvalue weighted by Crippen LogP contribution is 2.27. The summed E-state index contributed by atoms with van der Waals surface area (Å²) in [7, 11) is 0. The Kier molecular flexibility index (Phi) is 9.42. The van der Waals surface area contributed by atoms with Crippen LogP contribution in [0, 0.1) is 0 Å². The van der Waals surface area contributed by atoms with E-state index < -0.39 is 6.00 Å². The van der Waals surface area contributed by atoms with Gasteiger partial charge in [-0.2, -0.15) is 0 Å². The number of hydrogen-bond acceptors (Lipinski definition) is 2. The molecule has 100 valence electrons. The molecule has 0 bridgehead atoms. The van der Waals surface area contributed by atoms with Crippen LogP contribution < -0.4 is 0 Å². The molecule has 6 heteroatoms. The van der Waals surface area contributed by atoms with E-state index in [-0.39, 0.29) is 5.97 Å². The largest absolute Gasteiger partial charge is 0.462 e. The molecule has 0 saturated heterocycles. The lowest BCUT2D eigenvalue weighted by Crippen LogP contribution is -2.07. The second kappa shape index (κ2) is 9.26. The molecule has 0 rings (SSSR count). The summed E-state index contributed by atoms with van der Waals surface area (Å²) >= 11 is 17.3. The Balaban J connectivity index is 3.25. The Morgan fingerprint density at radius 2 is 1.65 bits per heavy atom. The van der Waals surface area contributed by atoms with Crippen LogP contribution in [-0.4, -0.2) is 18.6 Å². The number of carbonyl (C=O) groups is 1. The van der Waals surface area contributed by atoms with Crippen molar-refractivity contribution in [1.82, 2.24) is 0 Å². The zero-order valence-electron chi connectivity index (χ0n) is 10.1. The highest BCUT2D eigenvalue weighted by atomic mass is 35.8. The molecule has 0 radical (unpaired) electrons. The fourth-order valence-corrected chi connectivity index (χ4v) is 3.10. The molecule has 0 saturated carbocycles. The molecule has 0 aliphatic rings. The second-order valence-electron chi connectivity index (χ2n) is 4.05. The van der Waals surface area contributed by atoms with E-state index in [0.29, 0.717) is 12.2 Å². The zero-order valence-corrected chi connectivity index (χ0v) is 13.4. The average molecular weight is 318 g/mol. The van der Waals surface area contributed by atoms with Crippen molar-refractivity contribution in [3.05, 3.63) is 12.2 Å². The maximum Gasteiger partial charge on any atom is 0.341 e. The molecule has 0 aromatic carbocycles. The van der Waals surface area contributed by atoms with Gasteiger partial charge < -0.3 is 4.74 Å². The fourth-order valence-electron chi connectivity index (χ4n) is 1.25. The maximum atomic E-state index is 11.0. The second-order valence-corrected chi connectivity index (χ2v) is 13.3. The van der Waals surface area contributed by atoms with Crippen LogP contribution in [0.4, 0.5) is 0 Å². The number of halogens is 3. The molecule has 0 heterocycles. The zero-order chi connectivity index (χ0) is 13.3. The van der Waals surface area contributed by atoms with Gasteiger partial charge in [-0.15, -0.1) is 33.2 Å². The highest BCUT2D eigenvalue weighted by Gasteiger charge is 2.23. The minimum atomic E-state index is -2.42. The summed E-state index contributed by atoms with van der Waals surface area (Å²) in [6.45, 7) is 5.61. The van der Waals surface area contributed by atoms with Gasteiger partial charge in [0.25, 0.3) is 0 Å². The van der Waals surface area contributed by atoms with Gasteiger partial charge in [-0.3, -0.25) is 0 Å². The molecular formula is C11H19Cl3O2Si. The topological polar surface area (TPSA) is 26.3 Å². The molecule has 17 heavy (non-hydrogen) atoms. The molecule has 0 unspecified atom stereocenters.